The van der Waals surface area contributed by atoms with Gasteiger partial charge in [-0.25, -0.2) is 4.79 Å². The number of amides is 1. The van der Waals surface area contributed by atoms with Gasteiger partial charge in [-0.15, -0.1) is 0 Å². The average molecular weight is 184 g/mol. The molecule has 1 aliphatic heterocycles. The van der Waals surface area contributed by atoms with Gasteiger partial charge in [0.15, 0.2) is 0 Å². The SMILES string of the molecule is NCC1CC12CCN(C(=O)O)CC2. The molecule has 1 spiro atoms. The molecule has 4 nitrogen and oxygen atoms in total. The molecule has 1 amide bonds. The Balaban J connectivity index is 1.87. The Morgan fingerprint density at radius 1 is 1.54 bits per heavy atom. The highest BCUT2D eigenvalue weighted by Gasteiger charge is 2.54. The number of hydrogen-bond acceptors (Lipinski definition) is 2. The third kappa shape index (κ3) is 1.39. The quantitative estimate of drug-likeness (QED) is 0.631. The van der Waals surface area contributed by atoms with Gasteiger partial charge in [0.05, 0.1) is 0 Å². The van der Waals surface area contributed by atoms with E-state index in [1.54, 1.807) is 0 Å². The van der Waals surface area contributed by atoms with Gasteiger partial charge in [-0.3, -0.25) is 0 Å². The maximum Gasteiger partial charge on any atom is 0.407 e. The van der Waals surface area contributed by atoms with Gasteiger partial charge in [-0.2, -0.15) is 0 Å². The molecule has 1 saturated carbocycles. The molecule has 4 heteroatoms. The molecule has 1 heterocycles. The molecule has 1 atom stereocenters. The summed E-state index contributed by atoms with van der Waals surface area (Å²) < 4.78 is 0. The van der Waals surface area contributed by atoms with Crippen LogP contribution in [-0.2, 0) is 0 Å². The topological polar surface area (TPSA) is 66.6 Å². The molecule has 0 radical (unpaired) electrons. The zero-order chi connectivity index (χ0) is 9.47. The number of carbonyl (C=O) groups is 1. The van der Waals surface area contributed by atoms with Crippen LogP contribution in [0.4, 0.5) is 4.79 Å². The number of rotatable bonds is 1. The minimum absolute atomic E-state index is 0.431. The molecule has 1 unspecified atom stereocenters. The van der Waals surface area contributed by atoms with Crippen LogP contribution in [-0.4, -0.2) is 35.7 Å². The first-order valence-electron chi connectivity index (χ1n) is 4.86. The summed E-state index contributed by atoms with van der Waals surface area (Å²) in [6.07, 6.45) is 2.47. The Morgan fingerprint density at radius 3 is 2.54 bits per heavy atom. The molecule has 74 valence electrons. The van der Waals surface area contributed by atoms with Gasteiger partial charge in [0.25, 0.3) is 0 Å². The van der Waals surface area contributed by atoms with Crippen molar-refractivity contribution < 1.29 is 9.90 Å². The van der Waals surface area contributed by atoms with E-state index in [0.29, 0.717) is 24.4 Å². The van der Waals surface area contributed by atoms with E-state index in [9.17, 15) is 4.79 Å². The summed E-state index contributed by atoms with van der Waals surface area (Å²) in [6.45, 7) is 2.17. The van der Waals surface area contributed by atoms with E-state index in [-0.39, 0.29) is 0 Å². The van der Waals surface area contributed by atoms with Gasteiger partial charge < -0.3 is 15.7 Å². The molecule has 13 heavy (non-hydrogen) atoms. The lowest BCUT2D eigenvalue weighted by atomic mass is 9.91. The zero-order valence-electron chi connectivity index (χ0n) is 7.70. The number of carboxylic acid groups (broad SMARTS) is 1. The molecular formula is C9H16N2O2. The second-order valence-electron chi connectivity index (χ2n) is 4.27. The number of likely N-dealkylation sites (tertiary alicyclic amines) is 1. The largest absolute Gasteiger partial charge is 0.465 e. The molecule has 2 fully saturated rings. The smallest absolute Gasteiger partial charge is 0.407 e. The van der Waals surface area contributed by atoms with Crippen LogP contribution in [0.2, 0.25) is 0 Å². The minimum Gasteiger partial charge on any atom is -0.465 e. The number of nitrogens with zero attached hydrogens (tertiary/aromatic N) is 1. The molecule has 1 aliphatic carbocycles. The van der Waals surface area contributed by atoms with Crippen LogP contribution in [0, 0.1) is 11.3 Å². The first-order chi connectivity index (χ1) is 6.18. The lowest BCUT2D eigenvalue weighted by Crippen LogP contribution is -2.39. The minimum atomic E-state index is -0.778. The lowest BCUT2D eigenvalue weighted by molar-refractivity contribution is 0.117. The maximum absolute atomic E-state index is 10.6. The fraction of sp³-hybridized carbons (Fsp3) is 0.889. The van der Waals surface area contributed by atoms with Crippen LogP contribution in [0.15, 0.2) is 0 Å². The molecule has 1 saturated heterocycles. The monoisotopic (exact) mass is 184 g/mol. The van der Waals surface area contributed by atoms with E-state index in [2.05, 4.69) is 0 Å². The highest BCUT2D eigenvalue weighted by Crippen LogP contribution is 2.58. The first kappa shape index (κ1) is 8.81. The summed E-state index contributed by atoms with van der Waals surface area (Å²) in [5.74, 6) is 0.670. The van der Waals surface area contributed by atoms with Crippen molar-refractivity contribution in [2.45, 2.75) is 19.3 Å². The summed E-state index contributed by atoms with van der Waals surface area (Å²) in [4.78, 5) is 12.1. The van der Waals surface area contributed by atoms with Gasteiger partial charge in [0.1, 0.15) is 0 Å². The third-order valence-corrected chi connectivity index (χ3v) is 3.67. The summed E-state index contributed by atoms with van der Waals surface area (Å²) in [7, 11) is 0. The third-order valence-electron chi connectivity index (χ3n) is 3.67. The highest BCUT2D eigenvalue weighted by atomic mass is 16.4. The van der Waals surface area contributed by atoms with Gasteiger partial charge in [-0.1, -0.05) is 0 Å². The Kier molecular flexibility index (Phi) is 1.95. The van der Waals surface area contributed by atoms with Crippen molar-refractivity contribution in [1.82, 2.24) is 4.90 Å². The number of hydrogen-bond donors (Lipinski definition) is 2. The van der Waals surface area contributed by atoms with Crippen molar-refractivity contribution in [3.63, 3.8) is 0 Å². The van der Waals surface area contributed by atoms with E-state index >= 15 is 0 Å². The predicted molar refractivity (Wildman–Crippen MR) is 48.4 cm³/mol. The van der Waals surface area contributed by atoms with Gasteiger partial charge in [0.2, 0.25) is 0 Å². The van der Waals surface area contributed by atoms with Crippen LogP contribution in [0.5, 0.6) is 0 Å². The average Bonchev–Trinajstić information content (AvgIpc) is 2.80. The standard InChI is InChI=1S/C9H16N2O2/c10-6-7-5-9(7)1-3-11(4-2-9)8(12)13/h7H,1-6,10H2,(H,12,13). The van der Waals surface area contributed by atoms with Crippen molar-refractivity contribution in [3.8, 4) is 0 Å². The molecule has 2 rings (SSSR count). The summed E-state index contributed by atoms with van der Waals surface area (Å²) in [5.41, 5.74) is 6.04. The van der Waals surface area contributed by atoms with Crippen LogP contribution >= 0.6 is 0 Å². The highest BCUT2D eigenvalue weighted by molar-refractivity contribution is 5.65. The molecule has 3 N–H and O–H groups in total. The van der Waals surface area contributed by atoms with E-state index in [1.807, 2.05) is 0 Å². The second-order valence-corrected chi connectivity index (χ2v) is 4.27. The molecule has 2 aliphatic rings. The van der Waals surface area contributed by atoms with Crippen molar-refractivity contribution in [1.29, 1.82) is 0 Å². The molecular weight excluding hydrogens is 168 g/mol. The molecule has 0 aromatic rings. The Morgan fingerprint density at radius 2 is 2.15 bits per heavy atom. The van der Waals surface area contributed by atoms with Crippen LogP contribution in [0.25, 0.3) is 0 Å². The molecule has 0 aromatic carbocycles. The number of piperidine rings is 1. The van der Waals surface area contributed by atoms with E-state index in [0.717, 1.165) is 19.4 Å². The second kappa shape index (κ2) is 2.87. The van der Waals surface area contributed by atoms with E-state index < -0.39 is 6.09 Å². The van der Waals surface area contributed by atoms with Crippen LogP contribution in [0.1, 0.15) is 19.3 Å². The van der Waals surface area contributed by atoms with E-state index in [4.69, 9.17) is 10.8 Å². The number of nitrogens with two attached hydrogens (primary N) is 1. The fourth-order valence-corrected chi connectivity index (χ4v) is 2.52. The zero-order valence-corrected chi connectivity index (χ0v) is 7.70. The first-order valence-corrected chi connectivity index (χ1v) is 4.86. The fourth-order valence-electron chi connectivity index (χ4n) is 2.52. The van der Waals surface area contributed by atoms with Crippen molar-refractivity contribution in [2.75, 3.05) is 19.6 Å². The molecule has 0 aromatic heterocycles. The Hall–Kier alpha value is -0.770. The lowest BCUT2D eigenvalue weighted by Gasteiger charge is -2.30. The normalized spacial score (nSPS) is 30.5. The summed E-state index contributed by atoms with van der Waals surface area (Å²) >= 11 is 0. The molecule has 0 bridgehead atoms. The van der Waals surface area contributed by atoms with Crippen molar-refractivity contribution in [3.05, 3.63) is 0 Å². The maximum atomic E-state index is 10.6. The summed E-state index contributed by atoms with van der Waals surface area (Å²) in [5, 5.41) is 8.75. The predicted octanol–water partition coefficient (Wildman–Crippen LogP) is 0.725. The van der Waals surface area contributed by atoms with Crippen molar-refractivity contribution >= 4 is 6.09 Å². The van der Waals surface area contributed by atoms with Gasteiger partial charge in [0, 0.05) is 13.1 Å². The van der Waals surface area contributed by atoms with E-state index in [1.165, 1.54) is 11.3 Å². The van der Waals surface area contributed by atoms with Crippen LogP contribution in [0.3, 0.4) is 0 Å². The van der Waals surface area contributed by atoms with Gasteiger partial charge in [-0.05, 0) is 37.1 Å². The van der Waals surface area contributed by atoms with Crippen molar-refractivity contribution in [2.24, 2.45) is 17.1 Å². The Bertz CT molecular complexity index is 222. The van der Waals surface area contributed by atoms with Crippen LogP contribution < -0.4 is 5.73 Å². The van der Waals surface area contributed by atoms with Gasteiger partial charge >= 0.3 is 6.09 Å². The summed E-state index contributed by atoms with van der Waals surface area (Å²) in [6, 6.07) is 0. The Labute approximate surface area is 77.7 Å².